The summed E-state index contributed by atoms with van der Waals surface area (Å²) in [6.45, 7) is 5.40. The minimum absolute atomic E-state index is 0.302. The van der Waals surface area contributed by atoms with Crippen LogP contribution in [0.25, 0.3) is 0 Å². The third-order valence-corrected chi connectivity index (χ3v) is 6.44. The smallest absolute Gasteiger partial charge is 0.223 e. The Bertz CT molecular complexity index is 357. The summed E-state index contributed by atoms with van der Waals surface area (Å²) >= 11 is 0. The van der Waals surface area contributed by atoms with Gasteiger partial charge in [-0.05, 0) is 62.4 Å². The molecule has 0 aromatic rings. The Morgan fingerprint density at radius 2 is 1.90 bits per heavy atom. The van der Waals surface area contributed by atoms with Gasteiger partial charge in [-0.15, -0.1) is 0 Å². The van der Waals surface area contributed by atoms with Crippen LogP contribution in [0.4, 0.5) is 0 Å². The molecule has 3 rings (SSSR count). The molecule has 0 spiro atoms. The van der Waals surface area contributed by atoms with E-state index in [1.807, 2.05) is 0 Å². The molecule has 0 aromatic carbocycles. The standard InChI is InChI=1S/C18H32N2O/c1-13-8-9-19-11-17(13)12-20-18(21)16-7-6-14-4-2-3-5-15(14)10-16/h13-17,19H,2-12H2,1H3,(H,20,21). The average molecular weight is 292 g/mol. The van der Waals surface area contributed by atoms with Crippen molar-refractivity contribution in [3.05, 3.63) is 0 Å². The van der Waals surface area contributed by atoms with E-state index in [1.165, 1.54) is 38.5 Å². The lowest BCUT2D eigenvalue weighted by Gasteiger charge is -2.39. The van der Waals surface area contributed by atoms with Crippen LogP contribution in [0.15, 0.2) is 0 Å². The van der Waals surface area contributed by atoms with Crippen molar-refractivity contribution in [3.8, 4) is 0 Å². The van der Waals surface area contributed by atoms with Gasteiger partial charge in [-0.2, -0.15) is 0 Å². The molecule has 21 heavy (non-hydrogen) atoms. The maximum atomic E-state index is 12.5. The molecule has 1 heterocycles. The van der Waals surface area contributed by atoms with Crippen LogP contribution in [-0.4, -0.2) is 25.5 Å². The maximum Gasteiger partial charge on any atom is 0.223 e. The molecule has 0 aromatic heterocycles. The highest BCUT2D eigenvalue weighted by Gasteiger charge is 2.35. The third kappa shape index (κ3) is 3.80. The van der Waals surface area contributed by atoms with Crippen LogP contribution in [0.1, 0.15) is 58.3 Å². The van der Waals surface area contributed by atoms with E-state index in [9.17, 15) is 4.79 Å². The van der Waals surface area contributed by atoms with Crippen molar-refractivity contribution in [3.63, 3.8) is 0 Å². The summed E-state index contributed by atoms with van der Waals surface area (Å²) in [6.07, 6.45) is 10.4. The van der Waals surface area contributed by atoms with Gasteiger partial charge in [-0.25, -0.2) is 0 Å². The highest BCUT2D eigenvalue weighted by molar-refractivity contribution is 5.78. The van der Waals surface area contributed by atoms with Gasteiger partial charge in [-0.1, -0.05) is 32.6 Å². The van der Waals surface area contributed by atoms with Gasteiger partial charge in [-0.3, -0.25) is 4.79 Å². The van der Waals surface area contributed by atoms with E-state index >= 15 is 0 Å². The van der Waals surface area contributed by atoms with Crippen molar-refractivity contribution in [1.29, 1.82) is 0 Å². The lowest BCUT2D eigenvalue weighted by atomic mass is 9.67. The molecule has 2 N–H and O–H groups in total. The van der Waals surface area contributed by atoms with E-state index in [4.69, 9.17) is 0 Å². The fourth-order valence-corrected chi connectivity index (χ4v) is 4.81. The number of rotatable bonds is 3. The molecule has 1 amide bonds. The number of hydrogen-bond acceptors (Lipinski definition) is 2. The van der Waals surface area contributed by atoms with Gasteiger partial charge in [0, 0.05) is 12.5 Å². The monoisotopic (exact) mass is 292 g/mol. The van der Waals surface area contributed by atoms with Crippen molar-refractivity contribution in [2.75, 3.05) is 19.6 Å². The predicted molar refractivity (Wildman–Crippen MR) is 85.9 cm³/mol. The number of hydrogen-bond donors (Lipinski definition) is 2. The average Bonchev–Trinajstić information content (AvgIpc) is 2.53. The highest BCUT2D eigenvalue weighted by Crippen LogP contribution is 2.42. The van der Waals surface area contributed by atoms with E-state index in [2.05, 4.69) is 17.6 Å². The maximum absolute atomic E-state index is 12.5. The molecule has 5 unspecified atom stereocenters. The molecular formula is C18H32N2O. The van der Waals surface area contributed by atoms with Crippen molar-refractivity contribution in [1.82, 2.24) is 10.6 Å². The zero-order valence-corrected chi connectivity index (χ0v) is 13.6. The van der Waals surface area contributed by atoms with Crippen molar-refractivity contribution < 1.29 is 4.79 Å². The molecule has 0 radical (unpaired) electrons. The van der Waals surface area contributed by atoms with E-state index < -0.39 is 0 Å². The van der Waals surface area contributed by atoms with Crippen LogP contribution in [0.5, 0.6) is 0 Å². The minimum atomic E-state index is 0.302. The normalized spacial score (nSPS) is 40.3. The zero-order chi connectivity index (χ0) is 14.7. The summed E-state index contributed by atoms with van der Waals surface area (Å²) in [4.78, 5) is 12.5. The van der Waals surface area contributed by atoms with Crippen LogP contribution in [0, 0.1) is 29.6 Å². The number of amides is 1. The van der Waals surface area contributed by atoms with E-state index in [0.29, 0.717) is 17.7 Å². The molecule has 120 valence electrons. The van der Waals surface area contributed by atoms with E-state index in [0.717, 1.165) is 50.2 Å². The molecule has 1 aliphatic heterocycles. The summed E-state index contributed by atoms with van der Waals surface area (Å²) in [7, 11) is 0. The molecule has 3 nitrogen and oxygen atoms in total. The molecule has 3 aliphatic rings. The summed E-state index contributed by atoms with van der Waals surface area (Å²) in [5.41, 5.74) is 0. The quantitative estimate of drug-likeness (QED) is 0.839. The Kier molecular flexibility index (Phi) is 5.20. The first-order chi connectivity index (χ1) is 10.2. The van der Waals surface area contributed by atoms with Gasteiger partial charge in [0.1, 0.15) is 0 Å². The fraction of sp³-hybridized carbons (Fsp3) is 0.944. The van der Waals surface area contributed by atoms with Gasteiger partial charge < -0.3 is 10.6 Å². The van der Waals surface area contributed by atoms with Crippen LogP contribution < -0.4 is 10.6 Å². The zero-order valence-electron chi connectivity index (χ0n) is 13.6. The predicted octanol–water partition coefficient (Wildman–Crippen LogP) is 2.95. The van der Waals surface area contributed by atoms with Gasteiger partial charge in [0.15, 0.2) is 0 Å². The molecule has 1 saturated heterocycles. The summed E-state index contributed by atoms with van der Waals surface area (Å²) in [5, 5.41) is 6.72. The fourth-order valence-electron chi connectivity index (χ4n) is 4.81. The molecular weight excluding hydrogens is 260 g/mol. The first kappa shape index (κ1) is 15.3. The SMILES string of the molecule is CC1CCNCC1CNC(=O)C1CCC2CCCCC2C1. The second kappa shape index (κ2) is 7.13. The van der Waals surface area contributed by atoms with Crippen molar-refractivity contribution >= 4 is 5.91 Å². The van der Waals surface area contributed by atoms with Crippen molar-refractivity contribution in [2.45, 2.75) is 58.3 Å². The van der Waals surface area contributed by atoms with Crippen LogP contribution in [0.3, 0.4) is 0 Å². The first-order valence-electron chi connectivity index (χ1n) is 9.22. The number of piperidine rings is 1. The summed E-state index contributed by atoms with van der Waals surface area (Å²) < 4.78 is 0. The molecule has 2 aliphatic carbocycles. The second-order valence-corrected chi connectivity index (χ2v) is 7.79. The Hall–Kier alpha value is -0.570. The summed E-state index contributed by atoms with van der Waals surface area (Å²) in [5.74, 6) is 3.78. The number of fused-ring (bicyclic) bond motifs is 1. The largest absolute Gasteiger partial charge is 0.356 e. The topological polar surface area (TPSA) is 41.1 Å². The first-order valence-corrected chi connectivity index (χ1v) is 9.22. The number of carbonyl (C=O) groups excluding carboxylic acids is 1. The Morgan fingerprint density at radius 1 is 1.10 bits per heavy atom. The Morgan fingerprint density at radius 3 is 2.71 bits per heavy atom. The van der Waals surface area contributed by atoms with Gasteiger partial charge in [0.05, 0.1) is 0 Å². The van der Waals surface area contributed by atoms with Crippen LogP contribution in [0.2, 0.25) is 0 Å². The van der Waals surface area contributed by atoms with E-state index in [1.54, 1.807) is 0 Å². The highest BCUT2D eigenvalue weighted by atomic mass is 16.1. The van der Waals surface area contributed by atoms with Crippen LogP contribution >= 0.6 is 0 Å². The lowest BCUT2D eigenvalue weighted by Crippen LogP contribution is -2.44. The van der Waals surface area contributed by atoms with Crippen molar-refractivity contribution in [2.24, 2.45) is 29.6 Å². The summed E-state index contributed by atoms with van der Waals surface area (Å²) in [6, 6.07) is 0. The van der Waals surface area contributed by atoms with Crippen LogP contribution in [-0.2, 0) is 4.79 Å². The molecule has 5 atom stereocenters. The lowest BCUT2D eigenvalue weighted by molar-refractivity contribution is -0.127. The van der Waals surface area contributed by atoms with E-state index in [-0.39, 0.29) is 0 Å². The second-order valence-electron chi connectivity index (χ2n) is 7.79. The molecule has 2 saturated carbocycles. The van der Waals surface area contributed by atoms with Gasteiger partial charge in [0.2, 0.25) is 5.91 Å². The third-order valence-electron chi connectivity index (χ3n) is 6.44. The van der Waals surface area contributed by atoms with Gasteiger partial charge in [0.25, 0.3) is 0 Å². The molecule has 3 heteroatoms. The Labute approximate surface area is 129 Å². The minimum Gasteiger partial charge on any atom is -0.356 e. The number of nitrogens with one attached hydrogen (secondary N) is 2. The number of carbonyl (C=O) groups is 1. The molecule has 0 bridgehead atoms. The van der Waals surface area contributed by atoms with Gasteiger partial charge >= 0.3 is 0 Å². The Balaban J connectivity index is 1.44. The molecule has 3 fully saturated rings.